The zero-order valence-electron chi connectivity index (χ0n) is 14.9. The third-order valence-corrected chi connectivity index (χ3v) is 8.30. The summed E-state index contributed by atoms with van der Waals surface area (Å²) in [4.78, 5) is 10.1. The molecule has 10 heterocycles. The minimum atomic E-state index is 1.27. The Hall–Kier alpha value is -1.72. The van der Waals surface area contributed by atoms with Gasteiger partial charge in [-0.2, -0.15) is 0 Å². The molecule has 4 aromatic carbocycles. The third-order valence-electron chi connectivity index (χ3n) is 4.24. The second kappa shape index (κ2) is 8.34. The topological polar surface area (TPSA) is 0 Å². The van der Waals surface area contributed by atoms with Crippen LogP contribution in [0.25, 0.3) is 0 Å². The number of benzene rings is 4. The number of hydrogen-bond donors (Lipinski definition) is 0. The molecule has 0 nitrogen and oxygen atoms in total. The first-order valence-electron chi connectivity index (χ1n) is 8.92. The zero-order chi connectivity index (χ0) is 18.8. The van der Waals surface area contributed by atoms with Gasteiger partial charge in [0, 0.05) is 39.2 Å². The predicted octanol–water partition coefficient (Wildman–Crippen LogP) is 8.60. The van der Waals surface area contributed by atoms with Crippen molar-refractivity contribution in [3.63, 3.8) is 0 Å². The molecule has 4 heteroatoms. The van der Waals surface area contributed by atoms with Gasteiger partial charge < -0.3 is 0 Å². The fourth-order valence-corrected chi connectivity index (χ4v) is 6.11. The largest absolute Gasteiger partial charge is 0.0901 e. The SMILES string of the molecule is c1cc2ccc1Sc1ccc(cc1)Sc1ccc(cc1)Sc1ccc(cc1)S2. The lowest BCUT2D eigenvalue weighted by atomic mass is 10.3. The van der Waals surface area contributed by atoms with E-state index in [-0.39, 0.29) is 0 Å². The lowest BCUT2D eigenvalue weighted by Gasteiger charge is -2.08. The second-order valence-electron chi connectivity index (χ2n) is 6.29. The Balaban J connectivity index is 1.51. The molecule has 0 saturated carbocycles. The Morgan fingerprint density at radius 2 is 0.321 bits per heavy atom. The van der Waals surface area contributed by atoms with Gasteiger partial charge in [-0.05, 0) is 97.1 Å². The monoisotopic (exact) mass is 432 g/mol. The molecule has 0 radical (unpaired) electrons. The molecule has 136 valence electrons. The van der Waals surface area contributed by atoms with E-state index in [2.05, 4.69) is 97.1 Å². The number of hydrogen-bond acceptors (Lipinski definition) is 4. The van der Waals surface area contributed by atoms with Crippen molar-refractivity contribution in [3.05, 3.63) is 97.1 Å². The second-order valence-corrected chi connectivity index (χ2v) is 10.9. The molecule has 4 aromatic rings. The van der Waals surface area contributed by atoms with Gasteiger partial charge in [0.15, 0.2) is 0 Å². The average molecular weight is 433 g/mol. The standard InChI is InChI=1S/C24H16S4/c1-2-18-4-3-17(1)25-19-5-7-21(8-6-19)27-23-13-15-24(16-14-23)28-22-11-9-20(26-18)10-12-22/h1-16H. The molecule has 0 spiro atoms. The Kier molecular flexibility index (Phi) is 5.45. The van der Waals surface area contributed by atoms with Crippen LogP contribution in [-0.2, 0) is 0 Å². The van der Waals surface area contributed by atoms with Crippen molar-refractivity contribution in [2.24, 2.45) is 0 Å². The average Bonchev–Trinajstić information content (AvgIpc) is 2.73. The van der Waals surface area contributed by atoms with E-state index in [1.807, 2.05) is 0 Å². The molecule has 0 saturated heterocycles. The summed E-state index contributed by atoms with van der Waals surface area (Å²) in [5.41, 5.74) is 0. The molecule has 0 unspecified atom stereocenters. The molecule has 14 rings (SSSR count). The minimum Gasteiger partial charge on any atom is -0.0901 e. The Labute approximate surface area is 182 Å². The molecule has 8 bridgehead atoms. The van der Waals surface area contributed by atoms with Gasteiger partial charge in [0.05, 0.1) is 0 Å². The van der Waals surface area contributed by atoms with Gasteiger partial charge in [-0.1, -0.05) is 47.0 Å². The quantitative estimate of drug-likeness (QED) is 0.240. The predicted molar refractivity (Wildman–Crippen MR) is 122 cm³/mol. The molecule has 0 fully saturated rings. The van der Waals surface area contributed by atoms with Crippen LogP contribution in [0.5, 0.6) is 0 Å². The van der Waals surface area contributed by atoms with Crippen LogP contribution in [0.4, 0.5) is 0 Å². The van der Waals surface area contributed by atoms with E-state index in [4.69, 9.17) is 0 Å². The highest BCUT2D eigenvalue weighted by Gasteiger charge is 2.05. The molecular weight excluding hydrogens is 417 g/mol. The van der Waals surface area contributed by atoms with Gasteiger partial charge in [-0.15, -0.1) is 0 Å². The molecule has 10 aliphatic heterocycles. The van der Waals surface area contributed by atoms with Crippen LogP contribution in [0.2, 0.25) is 0 Å². The summed E-state index contributed by atoms with van der Waals surface area (Å²) in [5, 5.41) is 0. The van der Waals surface area contributed by atoms with Crippen LogP contribution in [0, 0.1) is 0 Å². The Bertz CT molecular complexity index is 802. The molecular formula is C24H16S4. The highest BCUT2D eigenvalue weighted by molar-refractivity contribution is 8.00. The highest BCUT2D eigenvalue weighted by Crippen LogP contribution is 2.37. The maximum Gasteiger partial charge on any atom is 0.0123 e. The third kappa shape index (κ3) is 4.47. The minimum absolute atomic E-state index is 1.27. The van der Waals surface area contributed by atoms with E-state index in [1.54, 1.807) is 47.0 Å². The van der Waals surface area contributed by atoms with Gasteiger partial charge in [0.25, 0.3) is 0 Å². The molecule has 0 atom stereocenters. The zero-order valence-corrected chi connectivity index (χ0v) is 18.1. The van der Waals surface area contributed by atoms with Crippen molar-refractivity contribution in [1.29, 1.82) is 0 Å². The van der Waals surface area contributed by atoms with Crippen LogP contribution < -0.4 is 0 Å². The maximum atomic E-state index is 2.21. The Morgan fingerprint density at radius 3 is 0.429 bits per heavy atom. The van der Waals surface area contributed by atoms with E-state index in [1.165, 1.54) is 39.2 Å². The van der Waals surface area contributed by atoms with E-state index >= 15 is 0 Å². The van der Waals surface area contributed by atoms with Crippen molar-refractivity contribution in [1.82, 2.24) is 0 Å². The van der Waals surface area contributed by atoms with E-state index in [0.717, 1.165) is 0 Å². The molecule has 0 aromatic heterocycles. The van der Waals surface area contributed by atoms with E-state index in [9.17, 15) is 0 Å². The summed E-state index contributed by atoms with van der Waals surface area (Å²) < 4.78 is 0. The van der Waals surface area contributed by atoms with Crippen molar-refractivity contribution >= 4 is 47.0 Å². The van der Waals surface area contributed by atoms with Crippen LogP contribution in [0.1, 0.15) is 0 Å². The molecule has 0 amide bonds. The first-order valence-corrected chi connectivity index (χ1v) is 12.2. The summed E-state index contributed by atoms with van der Waals surface area (Å²) in [5.74, 6) is 0. The normalized spacial score (nSPS) is 13.1. The van der Waals surface area contributed by atoms with Crippen molar-refractivity contribution in [2.45, 2.75) is 39.2 Å². The van der Waals surface area contributed by atoms with Gasteiger partial charge in [-0.3, -0.25) is 0 Å². The van der Waals surface area contributed by atoms with E-state index < -0.39 is 0 Å². The van der Waals surface area contributed by atoms with Crippen molar-refractivity contribution < 1.29 is 0 Å². The molecule has 10 aliphatic rings. The Morgan fingerprint density at radius 1 is 0.214 bits per heavy atom. The fraction of sp³-hybridized carbons (Fsp3) is 0. The summed E-state index contributed by atoms with van der Waals surface area (Å²) in [6.07, 6.45) is 0. The van der Waals surface area contributed by atoms with Crippen LogP contribution in [-0.4, -0.2) is 0 Å². The highest BCUT2D eigenvalue weighted by atomic mass is 32.2. The molecule has 0 N–H and O–H groups in total. The lowest BCUT2D eigenvalue weighted by Crippen LogP contribution is -1.80. The first kappa shape index (κ1) is 18.3. The summed E-state index contributed by atoms with van der Waals surface area (Å²) in [7, 11) is 0. The van der Waals surface area contributed by atoms with E-state index in [0.29, 0.717) is 0 Å². The smallest absolute Gasteiger partial charge is 0.0123 e. The lowest BCUT2D eigenvalue weighted by molar-refractivity contribution is 1.29. The maximum absolute atomic E-state index is 2.21. The van der Waals surface area contributed by atoms with Gasteiger partial charge >= 0.3 is 0 Å². The number of rotatable bonds is 0. The summed E-state index contributed by atoms with van der Waals surface area (Å²) in [6, 6.07) is 35.3. The fourth-order valence-electron chi connectivity index (χ4n) is 2.85. The van der Waals surface area contributed by atoms with Gasteiger partial charge in [-0.25, -0.2) is 0 Å². The van der Waals surface area contributed by atoms with Crippen molar-refractivity contribution in [3.8, 4) is 0 Å². The molecule has 0 aliphatic carbocycles. The van der Waals surface area contributed by atoms with Gasteiger partial charge in [0.2, 0.25) is 0 Å². The van der Waals surface area contributed by atoms with Crippen LogP contribution >= 0.6 is 47.0 Å². The van der Waals surface area contributed by atoms with Crippen LogP contribution in [0.15, 0.2) is 136 Å². The first-order chi connectivity index (χ1) is 13.8. The summed E-state index contributed by atoms with van der Waals surface area (Å²) >= 11 is 7.22. The van der Waals surface area contributed by atoms with Gasteiger partial charge in [0.1, 0.15) is 0 Å². The molecule has 28 heavy (non-hydrogen) atoms. The van der Waals surface area contributed by atoms with Crippen LogP contribution in [0.3, 0.4) is 0 Å². The van der Waals surface area contributed by atoms with Crippen molar-refractivity contribution in [2.75, 3.05) is 0 Å². The summed E-state index contributed by atoms with van der Waals surface area (Å²) in [6.45, 7) is 0.